The molecule has 0 saturated carbocycles. The van der Waals surface area contributed by atoms with Crippen LogP contribution in [0.1, 0.15) is 18.2 Å². The minimum Gasteiger partial charge on any atom is -0.308 e. The molecule has 0 atom stereocenters. The molecule has 1 aromatic heterocycles. The first kappa shape index (κ1) is 13.7. The second-order valence-corrected chi connectivity index (χ2v) is 4.49. The molecule has 0 radical (unpaired) electrons. The molecule has 0 saturated heterocycles. The summed E-state index contributed by atoms with van der Waals surface area (Å²) in [6.07, 6.45) is 0.774. The Kier molecular flexibility index (Phi) is 3.97. The number of benzene rings is 1. The molecule has 0 bridgehead atoms. The largest absolute Gasteiger partial charge is 0.308 e. The van der Waals surface area contributed by atoms with Crippen LogP contribution in [0.25, 0.3) is 11.4 Å². The van der Waals surface area contributed by atoms with Gasteiger partial charge in [-0.15, -0.1) is 0 Å². The molecule has 1 heterocycles. The molecule has 0 aliphatic heterocycles. The first-order valence-corrected chi connectivity index (χ1v) is 6.24. The van der Waals surface area contributed by atoms with Gasteiger partial charge in [0.1, 0.15) is 11.6 Å². The summed E-state index contributed by atoms with van der Waals surface area (Å²) in [4.78, 5) is 8.74. The molecular weight excluding hydrogens is 267 g/mol. The zero-order chi connectivity index (χ0) is 14.0. The molecule has 0 aliphatic rings. The number of anilines is 1. The molecule has 2 aromatic rings. The van der Waals surface area contributed by atoms with Gasteiger partial charge in [-0.1, -0.05) is 18.5 Å². The van der Waals surface area contributed by atoms with Crippen molar-refractivity contribution in [2.75, 3.05) is 5.43 Å². The Hall–Kier alpha value is -1.72. The normalized spacial score (nSPS) is 10.6. The fourth-order valence-electron chi connectivity index (χ4n) is 1.90. The third-order valence-corrected chi connectivity index (χ3v) is 3.17. The summed E-state index contributed by atoms with van der Waals surface area (Å²) in [6, 6.07) is 4.37. The topological polar surface area (TPSA) is 63.8 Å². The van der Waals surface area contributed by atoms with Gasteiger partial charge in [0, 0.05) is 16.8 Å². The summed E-state index contributed by atoms with van der Waals surface area (Å²) in [7, 11) is 0. The number of nitrogen functional groups attached to an aromatic ring is 1. The van der Waals surface area contributed by atoms with Gasteiger partial charge in [-0.2, -0.15) is 0 Å². The van der Waals surface area contributed by atoms with Crippen LogP contribution in [0, 0.1) is 12.7 Å². The molecule has 0 aliphatic carbocycles. The van der Waals surface area contributed by atoms with Crippen LogP contribution in [-0.4, -0.2) is 9.97 Å². The second-order valence-electron chi connectivity index (χ2n) is 4.09. The number of hydrogen-bond donors (Lipinski definition) is 2. The average Bonchev–Trinajstić information content (AvgIpc) is 2.40. The van der Waals surface area contributed by atoms with Crippen LogP contribution in [-0.2, 0) is 6.42 Å². The molecule has 0 fully saturated rings. The van der Waals surface area contributed by atoms with Crippen molar-refractivity contribution in [1.29, 1.82) is 0 Å². The summed E-state index contributed by atoms with van der Waals surface area (Å²) >= 11 is 5.76. The maximum atomic E-state index is 13.2. The van der Waals surface area contributed by atoms with Crippen LogP contribution >= 0.6 is 11.6 Å². The Balaban J connectivity index is 2.56. The maximum Gasteiger partial charge on any atom is 0.161 e. The Bertz CT molecular complexity index is 616. The van der Waals surface area contributed by atoms with Crippen molar-refractivity contribution < 1.29 is 4.39 Å². The average molecular weight is 281 g/mol. The van der Waals surface area contributed by atoms with E-state index in [-0.39, 0.29) is 5.02 Å². The third kappa shape index (κ3) is 2.67. The van der Waals surface area contributed by atoms with Crippen LogP contribution in [0.15, 0.2) is 18.2 Å². The second kappa shape index (κ2) is 5.50. The molecule has 2 rings (SSSR count). The van der Waals surface area contributed by atoms with Crippen molar-refractivity contribution in [2.24, 2.45) is 5.84 Å². The lowest BCUT2D eigenvalue weighted by Crippen LogP contribution is -2.13. The lowest BCUT2D eigenvalue weighted by atomic mass is 10.1. The van der Waals surface area contributed by atoms with E-state index in [0.29, 0.717) is 17.2 Å². The summed E-state index contributed by atoms with van der Waals surface area (Å²) in [5.41, 5.74) is 5.00. The van der Waals surface area contributed by atoms with Gasteiger partial charge >= 0.3 is 0 Å². The molecule has 19 heavy (non-hydrogen) atoms. The highest BCUT2D eigenvalue weighted by Crippen LogP contribution is 2.25. The van der Waals surface area contributed by atoms with E-state index in [1.807, 2.05) is 13.8 Å². The number of hydrazine groups is 1. The number of halogens is 2. The van der Waals surface area contributed by atoms with Crippen LogP contribution in [0.4, 0.5) is 10.2 Å². The highest BCUT2D eigenvalue weighted by atomic mass is 35.5. The van der Waals surface area contributed by atoms with Crippen molar-refractivity contribution in [3.05, 3.63) is 40.3 Å². The van der Waals surface area contributed by atoms with Gasteiger partial charge in [0.15, 0.2) is 5.82 Å². The monoisotopic (exact) mass is 280 g/mol. The number of rotatable bonds is 3. The Morgan fingerprint density at radius 1 is 1.37 bits per heavy atom. The fraction of sp³-hybridized carbons (Fsp3) is 0.231. The van der Waals surface area contributed by atoms with Crippen LogP contribution in [0.2, 0.25) is 5.02 Å². The SMILES string of the molecule is CCc1c(C)nc(-c2ccc(F)c(Cl)c2)nc1NN. The number of nitrogens with two attached hydrogens (primary N) is 1. The number of nitrogens with zero attached hydrogens (tertiary/aromatic N) is 2. The molecule has 100 valence electrons. The lowest BCUT2D eigenvalue weighted by molar-refractivity contribution is 0.628. The van der Waals surface area contributed by atoms with Gasteiger partial charge < -0.3 is 5.43 Å². The smallest absolute Gasteiger partial charge is 0.161 e. The standard InChI is InChI=1S/C13H14ClFN4/c1-3-9-7(2)17-12(18-13(9)19-16)8-4-5-11(15)10(14)6-8/h4-6H,3,16H2,1-2H3,(H,17,18,19). The van der Waals surface area contributed by atoms with Crippen molar-refractivity contribution in [3.63, 3.8) is 0 Å². The molecule has 1 aromatic carbocycles. The zero-order valence-electron chi connectivity index (χ0n) is 10.7. The number of nitrogens with one attached hydrogen (secondary N) is 1. The van der Waals surface area contributed by atoms with E-state index < -0.39 is 5.82 Å². The molecule has 0 amide bonds. The Morgan fingerprint density at radius 3 is 2.68 bits per heavy atom. The summed E-state index contributed by atoms with van der Waals surface area (Å²) < 4.78 is 13.2. The number of aryl methyl sites for hydroxylation is 1. The van der Waals surface area contributed by atoms with E-state index in [2.05, 4.69) is 15.4 Å². The minimum absolute atomic E-state index is 0.0422. The van der Waals surface area contributed by atoms with Gasteiger partial charge in [0.2, 0.25) is 0 Å². The van der Waals surface area contributed by atoms with E-state index >= 15 is 0 Å². The van der Waals surface area contributed by atoms with E-state index in [0.717, 1.165) is 17.7 Å². The van der Waals surface area contributed by atoms with Crippen LogP contribution < -0.4 is 11.3 Å². The highest BCUT2D eigenvalue weighted by molar-refractivity contribution is 6.31. The summed E-state index contributed by atoms with van der Waals surface area (Å²) in [6.45, 7) is 3.89. The Morgan fingerprint density at radius 2 is 2.11 bits per heavy atom. The Labute approximate surface area is 115 Å². The number of aromatic nitrogens is 2. The molecular formula is C13H14ClFN4. The lowest BCUT2D eigenvalue weighted by Gasteiger charge is -2.11. The predicted molar refractivity (Wildman–Crippen MR) is 74.4 cm³/mol. The maximum absolute atomic E-state index is 13.2. The van der Waals surface area contributed by atoms with E-state index in [1.165, 1.54) is 12.1 Å². The predicted octanol–water partition coefficient (Wildman–Crippen LogP) is 3.09. The fourth-order valence-corrected chi connectivity index (χ4v) is 2.08. The first-order valence-electron chi connectivity index (χ1n) is 5.86. The molecule has 4 nitrogen and oxygen atoms in total. The molecule has 3 N–H and O–H groups in total. The first-order chi connectivity index (χ1) is 9.06. The molecule has 0 unspecified atom stereocenters. The number of hydrogen-bond acceptors (Lipinski definition) is 4. The molecule has 0 spiro atoms. The van der Waals surface area contributed by atoms with Gasteiger partial charge in [-0.3, -0.25) is 0 Å². The van der Waals surface area contributed by atoms with Gasteiger partial charge in [0.05, 0.1) is 5.02 Å². The van der Waals surface area contributed by atoms with E-state index in [1.54, 1.807) is 6.07 Å². The van der Waals surface area contributed by atoms with Crippen LogP contribution in [0.5, 0.6) is 0 Å². The minimum atomic E-state index is -0.468. The van der Waals surface area contributed by atoms with Gasteiger partial charge in [-0.25, -0.2) is 20.2 Å². The van der Waals surface area contributed by atoms with Crippen molar-refractivity contribution in [3.8, 4) is 11.4 Å². The summed E-state index contributed by atoms with van der Waals surface area (Å²) in [5.74, 6) is 6.04. The quantitative estimate of drug-likeness (QED) is 0.670. The van der Waals surface area contributed by atoms with E-state index in [9.17, 15) is 4.39 Å². The highest BCUT2D eigenvalue weighted by Gasteiger charge is 2.12. The van der Waals surface area contributed by atoms with Crippen molar-refractivity contribution >= 4 is 17.4 Å². The molecule has 6 heteroatoms. The van der Waals surface area contributed by atoms with Crippen LogP contribution in [0.3, 0.4) is 0 Å². The van der Waals surface area contributed by atoms with E-state index in [4.69, 9.17) is 17.4 Å². The van der Waals surface area contributed by atoms with Gasteiger partial charge in [0.25, 0.3) is 0 Å². The summed E-state index contributed by atoms with van der Waals surface area (Å²) in [5, 5.41) is 0.0422. The zero-order valence-corrected chi connectivity index (χ0v) is 11.4. The van der Waals surface area contributed by atoms with Gasteiger partial charge in [-0.05, 0) is 31.5 Å². The van der Waals surface area contributed by atoms with Crippen molar-refractivity contribution in [2.45, 2.75) is 20.3 Å². The third-order valence-electron chi connectivity index (χ3n) is 2.88. The van der Waals surface area contributed by atoms with Crippen molar-refractivity contribution in [1.82, 2.24) is 9.97 Å².